The number of nitrogens with zero attached hydrogens (tertiary/aromatic N) is 2. The number of carbonyl (C=O) groups excluding carboxylic acids is 6. The summed E-state index contributed by atoms with van der Waals surface area (Å²) in [6.07, 6.45) is 0.178. The highest BCUT2D eigenvalue weighted by Crippen LogP contribution is 2.09. The molecule has 12 nitrogen and oxygen atoms in total. The van der Waals surface area contributed by atoms with E-state index in [9.17, 15) is 28.8 Å². The number of hydrogen-bond acceptors (Lipinski definition) is 7. The van der Waals surface area contributed by atoms with Crippen LogP contribution in [0, 0.1) is 5.92 Å². The topological polar surface area (TPSA) is 157 Å². The van der Waals surface area contributed by atoms with E-state index >= 15 is 0 Å². The fourth-order valence-electron chi connectivity index (χ4n) is 4.85. The van der Waals surface area contributed by atoms with Crippen molar-refractivity contribution in [1.29, 1.82) is 0 Å². The van der Waals surface area contributed by atoms with Crippen LogP contribution < -0.4 is 21.3 Å². The fourth-order valence-corrected chi connectivity index (χ4v) is 4.85. The van der Waals surface area contributed by atoms with Crippen molar-refractivity contribution in [2.75, 3.05) is 33.2 Å². The van der Waals surface area contributed by atoms with Gasteiger partial charge in [-0.2, -0.15) is 0 Å². The van der Waals surface area contributed by atoms with Gasteiger partial charge in [0.1, 0.15) is 18.1 Å². The van der Waals surface area contributed by atoms with Crippen molar-refractivity contribution in [2.45, 2.75) is 58.3 Å². The molecule has 0 aromatic heterocycles. The van der Waals surface area contributed by atoms with Gasteiger partial charge in [0.25, 0.3) is 11.8 Å². The Hall–Kier alpha value is -4.58. The Morgan fingerprint density at radius 1 is 0.711 bits per heavy atom. The summed E-state index contributed by atoms with van der Waals surface area (Å²) in [6, 6.07) is 13.4. The molecule has 2 aromatic rings. The van der Waals surface area contributed by atoms with Gasteiger partial charge in [-0.25, -0.2) is 0 Å². The number of likely N-dealkylation sites (N-methyl/N-ethyl adjacent to an activating group) is 1. The Kier molecular flexibility index (Phi) is 12.8. The van der Waals surface area contributed by atoms with Crippen molar-refractivity contribution >= 4 is 35.3 Å². The van der Waals surface area contributed by atoms with Crippen LogP contribution in [0.15, 0.2) is 60.7 Å². The molecule has 3 rings (SSSR count). The third-order valence-electron chi connectivity index (χ3n) is 7.70. The molecule has 0 spiro atoms. The average molecular weight is 629 g/mol. The molecule has 1 aliphatic heterocycles. The Balaban J connectivity index is 0. The van der Waals surface area contributed by atoms with Gasteiger partial charge in [0, 0.05) is 43.9 Å². The molecule has 1 fully saturated rings. The van der Waals surface area contributed by atoms with E-state index in [0.29, 0.717) is 31.7 Å². The summed E-state index contributed by atoms with van der Waals surface area (Å²) < 4.78 is 0. The third kappa shape index (κ3) is 10.2. The summed E-state index contributed by atoms with van der Waals surface area (Å²) in [6.45, 7) is 8.81. The van der Waals surface area contributed by atoms with Crippen molar-refractivity contribution in [3.05, 3.63) is 71.8 Å². The van der Waals surface area contributed by atoms with Crippen LogP contribution >= 0.6 is 0 Å². The molecule has 2 aromatic carbocycles. The summed E-state index contributed by atoms with van der Waals surface area (Å²) in [5.41, 5.74) is 1.19. The van der Waals surface area contributed by atoms with Crippen molar-refractivity contribution in [3.63, 3.8) is 0 Å². The Bertz CT molecular complexity index is 1360. The fraction of sp³-hybridized carbons (Fsp3) is 0.455. The zero-order chi connectivity index (χ0) is 33.1. The maximum Gasteiger partial charge on any atom is 0.290 e. The molecule has 0 saturated carbocycles. The summed E-state index contributed by atoms with van der Waals surface area (Å²) in [5, 5.41) is 10.4. The van der Waals surface area contributed by atoms with E-state index in [4.69, 9.17) is 0 Å². The summed E-state index contributed by atoms with van der Waals surface area (Å²) in [4.78, 5) is 81.9. The van der Waals surface area contributed by atoms with Crippen molar-refractivity contribution in [2.24, 2.45) is 5.92 Å². The van der Waals surface area contributed by atoms with Crippen LogP contribution in [0.2, 0.25) is 0 Å². The molecular formula is C33H52N6O6. The first kappa shape index (κ1) is 34.9. The van der Waals surface area contributed by atoms with E-state index in [1.54, 1.807) is 49.1 Å². The van der Waals surface area contributed by atoms with Gasteiger partial charge in [-0.15, -0.1) is 0 Å². The highest BCUT2D eigenvalue weighted by atomic mass is 16.2. The number of rotatable bonds is 13. The molecule has 45 heavy (non-hydrogen) atoms. The van der Waals surface area contributed by atoms with Gasteiger partial charge >= 0.3 is 0 Å². The summed E-state index contributed by atoms with van der Waals surface area (Å²) in [5.74, 6) is -4.34. The molecule has 5 amide bonds. The van der Waals surface area contributed by atoms with Crippen molar-refractivity contribution in [3.8, 4) is 0 Å². The second kappa shape index (κ2) is 16.5. The van der Waals surface area contributed by atoms with Gasteiger partial charge < -0.3 is 31.1 Å². The molecular weight excluding hydrogens is 576 g/mol. The number of piperazine rings is 1. The van der Waals surface area contributed by atoms with Crippen LogP contribution in [0.25, 0.3) is 0 Å². The van der Waals surface area contributed by atoms with Gasteiger partial charge in [0.2, 0.25) is 23.5 Å². The molecule has 4 atom stereocenters. The largest absolute Gasteiger partial charge is 0.344 e. The lowest BCUT2D eigenvalue weighted by molar-refractivity contribution is -0.143. The quantitative estimate of drug-likeness (QED) is 0.245. The second-order valence-electron chi connectivity index (χ2n) is 11.7. The van der Waals surface area contributed by atoms with Crippen molar-refractivity contribution < 1.29 is 34.5 Å². The minimum absolute atomic E-state index is 0. The van der Waals surface area contributed by atoms with Gasteiger partial charge in [0.15, 0.2) is 0 Å². The zero-order valence-electron chi connectivity index (χ0n) is 26.5. The monoisotopic (exact) mass is 628 g/mol. The third-order valence-corrected chi connectivity index (χ3v) is 7.70. The van der Waals surface area contributed by atoms with Crippen LogP contribution in [0.1, 0.15) is 49.3 Å². The number of hydrogen-bond donors (Lipinski definition) is 4. The van der Waals surface area contributed by atoms with Gasteiger partial charge in [0.05, 0.1) is 6.04 Å². The Morgan fingerprint density at radius 3 is 1.87 bits per heavy atom. The van der Waals surface area contributed by atoms with Crippen LogP contribution in [0.4, 0.5) is 0 Å². The van der Waals surface area contributed by atoms with Crippen LogP contribution in [-0.4, -0.2) is 103 Å². The number of nitrogens with one attached hydrogen (secondary N) is 4. The summed E-state index contributed by atoms with van der Waals surface area (Å²) in [7, 11) is 1.96. The molecule has 12 heteroatoms. The molecule has 0 radical (unpaired) electrons. The molecule has 250 valence electrons. The number of Topliss-reactive ketones (excluding diaryl/α,β-unsaturated/α-hetero) is 1. The molecule has 1 saturated heterocycles. The normalized spacial score (nSPS) is 16.1. The van der Waals surface area contributed by atoms with E-state index in [0.717, 1.165) is 5.56 Å². The van der Waals surface area contributed by atoms with Crippen molar-refractivity contribution in [1.82, 2.24) is 31.1 Å². The Morgan fingerprint density at radius 2 is 1.29 bits per heavy atom. The highest BCUT2D eigenvalue weighted by molar-refractivity contribution is 6.38. The van der Waals surface area contributed by atoms with E-state index in [2.05, 4.69) is 26.2 Å². The smallest absolute Gasteiger partial charge is 0.290 e. The predicted molar refractivity (Wildman–Crippen MR) is 177 cm³/mol. The first-order valence-corrected chi connectivity index (χ1v) is 15.2. The number of carbonyl (C=O) groups is 6. The Labute approximate surface area is 270 Å². The molecule has 0 aliphatic carbocycles. The SMILES string of the molecule is CC(C)[C@H](NC(=O)[C@H](C)NC(=O)[C@H](Cc1ccccc1)NC(=O)c1ccccc1)C(=O)C(=O)N[C@@H](C)C(=O)N1CCN(C)CC1.[HH].[HH].[HH].[HH]. The van der Waals surface area contributed by atoms with E-state index < -0.39 is 59.5 Å². The maximum atomic E-state index is 13.3. The van der Waals surface area contributed by atoms with Gasteiger partial charge in [-0.1, -0.05) is 62.4 Å². The van der Waals surface area contributed by atoms with E-state index in [1.807, 2.05) is 37.4 Å². The second-order valence-corrected chi connectivity index (χ2v) is 11.7. The molecule has 0 unspecified atom stereocenters. The zero-order valence-corrected chi connectivity index (χ0v) is 26.5. The average Bonchev–Trinajstić information content (AvgIpc) is 3.03. The summed E-state index contributed by atoms with van der Waals surface area (Å²) >= 11 is 0. The van der Waals surface area contributed by atoms with Gasteiger partial charge in [-0.3, -0.25) is 28.8 Å². The van der Waals surface area contributed by atoms with Crippen LogP contribution in [0.5, 0.6) is 0 Å². The number of benzene rings is 2. The molecule has 1 aliphatic rings. The standard InChI is InChI=1S/C33H44N6O6.4H2/c1-21(2)27(28(40)32(44)35-23(4)33(45)39-18-16-38(5)17-19-39)37-29(41)22(3)34-31(43)26(20-24-12-8-6-9-13-24)36-30(42)25-14-10-7-11-15-25;;;;/h6-15,21-23,26-27H,16-20H2,1-5H3,(H,34,43)(H,35,44)(H,36,42)(H,37,41);4*1H/t22-,23-,26-,27-;;;;/m0..../s1. The number of amides is 5. The van der Waals surface area contributed by atoms with E-state index in [1.165, 1.54) is 13.8 Å². The first-order valence-electron chi connectivity index (χ1n) is 15.2. The number of ketones is 1. The minimum atomic E-state index is -1.19. The maximum absolute atomic E-state index is 13.3. The highest BCUT2D eigenvalue weighted by Gasteiger charge is 2.34. The van der Waals surface area contributed by atoms with E-state index in [-0.39, 0.29) is 18.0 Å². The molecule has 1 heterocycles. The van der Waals surface area contributed by atoms with Gasteiger partial charge in [-0.05, 0) is 44.5 Å². The molecule has 4 N–H and O–H groups in total. The lowest BCUT2D eigenvalue weighted by atomic mass is 9.98. The first-order chi connectivity index (χ1) is 21.4. The van der Waals surface area contributed by atoms with Crippen LogP contribution in [0.3, 0.4) is 0 Å². The molecule has 0 bridgehead atoms. The minimum Gasteiger partial charge on any atom is -0.344 e. The lowest BCUT2D eigenvalue weighted by Crippen LogP contribution is -2.58. The lowest BCUT2D eigenvalue weighted by Gasteiger charge is -2.34. The predicted octanol–water partition coefficient (Wildman–Crippen LogP) is 1.51. The van der Waals surface area contributed by atoms with Crippen LogP contribution in [-0.2, 0) is 30.4 Å².